The van der Waals surface area contributed by atoms with Gasteiger partial charge in [0.2, 0.25) is 0 Å². The van der Waals surface area contributed by atoms with Gasteiger partial charge in [-0.2, -0.15) is 0 Å². The maximum Gasteiger partial charge on any atom is 0.251 e. The average Bonchev–Trinajstić information content (AvgIpc) is 2.41. The van der Waals surface area contributed by atoms with E-state index in [2.05, 4.69) is 17.6 Å². The van der Waals surface area contributed by atoms with Crippen molar-refractivity contribution in [2.24, 2.45) is 5.92 Å². The first-order valence-corrected chi connectivity index (χ1v) is 6.60. The molecule has 1 aromatic rings. The van der Waals surface area contributed by atoms with Crippen LogP contribution in [0.3, 0.4) is 0 Å². The number of carbonyl (C=O) groups is 1. The number of hydrogen-bond donors (Lipinski definition) is 4. The number of phenolic OH excluding ortho intramolecular Hbond substituents is 2. The lowest BCUT2D eigenvalue weighted by Crippen LogP contribution is -2.41. The van der Waals surface area contributed by atoms with E-state index < -0.39 is 0 Å². The zero-order valence-corrected chi connectivity index (χ0v) is 11.0. The van der Waals surface area contributed by atoms with Crippen LogP contribution in [0.5, 0.6) is 11.5 Å². The number of hydrogen-bond acceptors (Lipinski definition) is 4. The molecule has 0 saturated carbocycles. The van der Waals surface area contributed by atoms with Gasteiger partial charge in [-0.3, -0.25) is 4.79 Å². The first kappa shape index (κ1) is 13.7. The molecule has 0 aliphatic carbocycles. The molecule has 4 N–H and O–H groups in total. The minimum absolute atomic E-state index is 0.220. The molecule has 1 heterocycles. The average molecular weight is 264 g/mol. The first-order valence-electron chi connectivity index (χ1n) is 6.60. The van der Waals surface area contributed by atoms with Crippen LogP contribution in [0.25, 0.3) is 0 Å². The number of rotatable bonds is 3. The van der Waals surface area contributed by atoms with E-state index in [0.717, 1.165) is 19.4 Å². The van der Waals surface area contributed by atoms with Gasteiger partial charge in [0.25, 0.3) is 5.91 Å². The fraction of sp³-hybridized carbons (Fsp3) is 0.500. The van der Waals surface area contributed by atoms with E-state index in [1.165, 1.54) is 18.2 Å². The molecule has 1 aliphatic heterocycles. The zero-order valence-electron chi connectivity index (χ0n) is 11.0. The highest BCUT2D eigenvalue weighted by Crippen LogP contribution is 2.24. The third kappa shape index (κ3) is 3.61. The molecule has 5 nitrogen and oxygen atoms in total. The molecular weight excluding hydrogens is 244 g/mol. The largest absolute Gasteiger partial charge is 0.504 e. The molecule has 1 amide bonds. The summed E-state index contributed by atoms with van der Waals surface area (Å²) in [4.78, 5) is 11.9. The van der Waals surface area contributed by atoms with Gasteiger partial charge in [0.05, 0.1) is 0 Å². The van der Waals surface area contributed by atoms with Crippen LogP contribution in [-0.2, 0) is 0 Å². The van der Waals surface area contributed by atoms with Crippen LogP contribution >= 0.6 is 0 Å². The fourth-order valence-corrected chi connectivity index (χ4v) is 2.24. The second-order valence-corrected chi connectivity index (χ2v) is 5.17. The summed E-state index contributed by atoms with van der Waals surface area (Å²) in [6.07, 6.45) is 2.23. The standard InChI is InChI=1S/C14H20N2O3/c1-9-2-3-10(7-15-9)8-16-14(19)11-4-5-12(17)13(18)6-11/h4-6,9-10,15,17-18H,2-3,7-8H2,1H3,(H,16,19). The fourth-order valence-electron chi connectivity index (χ4n) is 2.24. The maximum atomic E-state index is 11.9. The van der Waals surface area contributed by atoms with Crippen molar-refractivity contribution in [2.45, 2.75) is 25.8 Å². The van der Waals surface area contributed by atoms with Crippen molar-refractivity contribution in [3.63, 3.8) is 0 Å². The summed E-state index contributed by atoms with van der Waals surface area (Å²) in [6.45, 7) is 3.70. The molecule has 1 saturated heterocycles. The Balaban J connectivity index is 1.85. The first-order chi connectivity index (χ1) is 9.06. The Morgan fingerprint density at radius 3 is 2.79 bits per heavy atom. The third-order valence-electron chi connectivity index (χ3n) is 3.55. The highest BCUT2D eigenvalue weighted by molar-refractivity contribution is 5.94. The summed E-state index contributed by atoms with van der Waals surface area (Å²) >= 11 is 0. The van der Waals surface area contributed by atoms with Crippen LogP contribution in [0.1, 0.15) is 30.1 Å². The lowest BCUT2D eigenvalue weighted by atomic mass is 9.95. The van der Waals surface area contributed by atoms with Gasteiger partial charge < -0.3 is 20.8 Å². The Morgan fingerprint density at radius 2 is 2.16 bits per heavy atom. The van der Waals surface area contributed by atoms with Crippen LogP contribution in [0, 0.1) is 5.92 Å². The summed E-state index contributed by atoms with van der Waals surface area (Å²) in [5, 5.41) is 24.8. The Kier molecular flexibility index (Phi) is 4.27. The van der Waals surface area contributed by atoms with E-state index in [1.54, 1.807) is 0 Å². The van der Waals surface area contributed by atoms with E-state index in [-0.39, 0.29) is 17.4 Å². The third-order valence-corrected chi connectivity index (χ3v) is 3.55. The number of phenols is 2. The normalized spacial score (nSPS) is 23.0. The van der Waals surface area contributed by atoms with E-state index in [1.807, 2.05) is 0 Å². The van der Waals surface area contributed by atoms with Gasteiger partial charge in [0, 0.05) is 18.2 Å². The molecule has 2 atom stereocenters. The van der Waals surface area contributed by atoms with Gasteiger partial charge in [-0.1, -0.05) is 0 Å². The molecule has 5 heteroatoms. The molecule has 2 unspecified atom stereocenters. The monoisotopic (exact) mass is 264 g/mol. The van der Waals surface area contributed by atoms with Crippen LogP contribution < -0.4 is 10.6 Å². The number of aromatic hydroxyl groups is 2. The van der Waals surface area contributed by atoms with Crippen molar-refractivity contribution >= 4 is 5.91 Å². The molecule has 2 rings (SSSR count). The van der Waals surface area contributed by atoms with Crippen molar-refractivity contribution in [1.29, 1.82) is 0 Å². The second kappa shape index (κ2) is 5.93. The Labute approximate surface area is 112 Å². The molecule has 1 aromatic carbocycles. The second-order valence-electron chi connectivity index (χ2n) is 5.17. The molecule has 19 heavy (non-hydrogen) atoms. The molecule has 1 fully saturated rings. The number of amides is 1. The van der Waals surface area contributed by atoms with Gasteiger partial charge in [-0.05, 0) is 50.4 Å². The van der Waals surface area contributed by atoms with Gasteiger partial charge in [-0.15, -0.1) is 0 Å². The van der Waals surface area contributed by atoms with Crippen molar-refractivity contribution < 1.29 is 15.0 Å². The van der Waals surface area contributed by atoms with Crippen molar-refractivity contribution in [1.82, 2.24) is 10.6 Å². The minimum atomic E-state index is -0.277. The Bertz CT molecular complexity index is 454. The molecule has 0 radical (unpaired) electrons. The highest BCUT2D eigenvalue weighted by atomic mass is 16.3. The Morgan fingerprint density at radius 1 is 1.37 bits per heavy atom. The molecule has 0 bridgehead atoms. The smallest absolute Gasteiger partial charge is 0.251 e. The van der Waals surface area contributed by atoms with Gasteiger partial charge in [0.1, 0.15) is 0 Å². The number of nitrogens with one attached hydrogen (secondary N) is 2. The zero-order chi connectivity index (χ0) is 13.8. The molecule has 0 aromatic heterocycles. The SMILES string of the molecule is CC1CCC(CNC(=O)c2ccc(O)c(O)c2)CN1. The lowest BCUT2D eigenvalue weighted by Gasteiger charge is -2.27. The van der Waals surface area contributed by atoms with E-state index >= 15 is 0 Å². The van der Waals surface area contributed by atoms with Crippen molar-refractivity contribution in [2.75, 3.05) is 13.1 Å². The summed E-state index contributed by atoms with van der Waals surface area (Å²) in [5.74, 6) is -0.275. The van der Waals surface area contributed by atoms with Crippen LogP contribution in [0.15, 0.2) is 18.2 Å². The molecule has 0 spiro atoms. The van der Waals surface area contributed by atoms with E-state index in [4.69, 9.17) is 0 Å². The van der Waals surface area contributed by atoms with Gasteiger partial charge >= 0.3 is 0 Å². The summed E-state index contributed by atoms with van der Waals surface area (Å²) in [5.41, 5.74) is 0.354. The van der Waals surface area contributed by atoms with Gasteiger partial charge in [0.15, 0.2) is 11.5 Å². The van der Waals surface area contributed by atoms with E-state index in [0.29, 0.717) is 24.1 Å². The lowest BCUT2D eigenvalue weighted by molar-refractivity contribution is 0.0943. The maximum absolute atomic E-state index is 11.9. The topological polar surface area (TPSA) is 81.6 Å². The summed E-state index contributed by atoms with van der Waals surface area (Å²) < 4.78 is 0. The van der Waals surface area contributed by atoms with Crippen molar-refractivity contribution in [3.05, 3.63) is 23.8 Å². The molecular formula is C14H20N2O3. The molecule has 104 valence electrons. The number of carbonyl (C=O) groups excluding carboxylic acids is 1. The predicted molar refractivity (Wildman–Crippen MR) is 72.3 cm³/mol. The molecule has 1 aliphatic rings. The summed E-state index contributed by atoms with van der Waals surface area (Å²) in [6, 6.07) is 4.63. The minimum Gasteiger partial charge on any atom is -0.504 e. The van der Waals surface area contributed by atoms with Crippen LogP contribution in [0.2, 0.25) is 0 Å². The number of benzene rings is 1. The van der Waals surface area contributed by atoms with Gasteiger partial charge in [-0.25, -0.2) is 0 Å². The predicted octanol–water partition coefficient (Wildman–Crippen LogP) is 1.22. The highest BCUT2D eigenvalue weighted by Gasteiger charge is 2.18. The van der Waals surface area contributed by atoms with E-state index in [9.17, 15) is 15.0 Å². The van der Waals surface area contributed by atoms with Crippen LogP contribution in [0.4, 0.5) is 0 Å². The quantitative estimate of drug-likeness (QED) is 0.619. The summed E-state index contributed by atoms with van der Waals surface area (Å²) in [7, 11) is 0. The Hall–Kier alpha value is -1.75. The van der Waals surface area contributed by atoms with Crippen LogP contribution in [-0.4, -0.2) is 35.3 Å². The number of piperidine rings is 1. The van der Waals surface area contributed by atoms with Crippen molar-refractivity contribution in [3.8, 4) is 11.5 Å².